The molecule has 0 aliphatic heterocycles. The number of aromatic nitrogens is 1. The maximum absolute atomic E-state index is 10.9. The summed E-state index contributed by atoms with van der Waals surface area (Å²) < 4.78 is 0.850. The van der Waals surface area contributed by atoms with E-state index in [4.69, 9.17) is 0 Å². The van der Waals surface area contributed by atoms with Gasteiger partial charge in [0.25, 0.3) is 0 Å². The average molecular weight is 151 g/mol. The standard InChI is InChI=1S/C9H13NO/c1-7(2)9-6-10(11)5-4-8(9)3/h4-7H,1-3H3. The predicted molar refractivity (Wildman–Crippen MR) is 44.2 cm³/mol. The van der Waals surface area contributed by atoms with Crippen molar-refractivity contribution in [1.82, 2.24) is 0 Å². The van der Waals surface area contributed by atoms with E-state index in [2.05, 4.69) is 13.8 Å². The topological polar surface area (TPSA) is 26.9 Å². The second kappa shape index (κ2) is 2.91. The van der Waals surface area contributed by atoms with Crippen molar-refractivity contribution < 1.29 is 4.73 Å². The minimum absolute atomic E-state index is 0.427. The van der Waals surface area contributed by atoms with E-state index in [1.807, 2.05) is 13.0 Å². The first-order chi connectivity index (χ1) is 5.11. The van der Waals surface area contributed by atoms with Gasteiger partial charge in [0.1, 0.15) is 0 Å². The number of hydrogen-bond donors (Lipinski definition) is 0. The molecule has 0 spiro atoms. The van der Waals surface area contributed by atoms with Crippen LogP contribution in [-0.4, -0.2) is 0 Å². The third kappa shape index (κ3) is 1.70. The highest BCUT2D eigenvalue weighted by Crippen LogP contribution is 2.15. The number of aryl methyl sites for hydroxylation is 1. The van der Waals surface area contributed by atoms with Gasteiger partial charge >= 0.3 is 0 Å². The molecule has 0 atom stereocenters. The summed E-state index contributed by atoms with van der Waals surface area (Å²) in [5.41, 5.74) is 2.31. The quantitative estimate of drug-likeness (QED) is 0.443. The summed E-state index contributed by atoms with van der Waals surface area (Å²) in [6.45, 7) is 6.19. The molecule has 1 heterocycles. The van der Waals surface area contributed by atoms with E-state index in [0.717, 1.165) is 10.3 Å². The van der Waals surface area contributed by atoms with E-state index in [9.17, 15) is 5.21 Å². The van der Waals surface area contributed by atoms with Gasteiger partial charge in [0.2, 0.25) is 0 Å². The predicted octanol–water partition coefficient (Wildman–Crippen LogP) is 1.75. The molecule has 0 bridgehead atoms. The minimum Gasteiger partial charge on any atom is -0.619 e. The lowest BCUT2D eigenvalue weighted by Crippen LogP contribution is -2.25. The Labute approximate surface area is 67.1 Å². The van der Waals surface area contributed by atoms with Gasteiger partial charge in [-0.2, -0.15) is 4.73 Å². The Morgan fingerprint density at radius 2 is 2.09 bits per heavy atom. The molecule has 1 aromatic rings. The van der Waals surface area contributed by atoms with Gasteiger partial charge in [-0.25, -0.2) is 0 Å². The van der Waals surface area contributed by atoms with Crippen molar-refractivity contribution in [3.8, 4) is 0 Å². The summed E-state index contributed by atoms with van der Waals surface area (Å²) in [5, 5.41) is 10.9. The van der Waals surface area contributed by atoms with E-state index >= 15 is 0 Å². The molecule has 2 nitrogen and oxygen atoms in total. The largest absolute Gasteiger partial charge is 0.619 e. The van der Waals surface area contributed by atoms with Crippen LogP contribution in [0.2, 0.25) is 0 Å². The fourth-order valence-corrected chi connectivity index (χ4v) is 1.17. The monoisotopic (exact) mass is 151 g/mol. The van der Waals surface area contributed by atoms with Crippen LogP contribution < -0.4 is 4.73 Å². The lowest BCUT2D eigenvalue weighted by Gasteiger charge is -2.07. The molecule has 0 saturated carbocycles. The van der Waals surface area contributed by atoms with Gasteiger partial charge in [-0.05, 0) is 18.4 Å². The molecule has 0 aromatic carbocycles. The maximum atomic E-state index is 10.9. The Balaban J connectivity index is 3.13. The van der Waals surface area contributed by atoms with Gasteiger partial charge in [0, 0.05) is 11.6 Å². The van der Waals surface area contributed by atoms with Crippen LogP contribution in [0.5, 0.6) is 0 Å². The summed E-state index contributed by atoms with van der Waals surface area (Å²) in [6.07, 6.45) is 3.17. The molecule has 60 valence electrons. The van der Waals surface area contributed by atoms with E-state index in [0.29, 0.717) is 5.92 Å². The van der Waals surface area contributed by atoms with Crippen molar-refractivity contribution in [2.45, 2.75) is 26.7 Å². The highest BCUT2D eigenvalue weighted by atomic mass is 16.5. The van der Waals surface area contributed by atoms with E-state index in [1.54, 1.807) is 6.20 Å². The van der Waals surface area contributed by atoms with E-state index in [1.165, 1.54) is 11.8 Å². The fourth-order valence-electron chi connectivity index (χ4n) is 1.17. The number of hydrogen-bond acceptors (Lipinski definition) is 1. The van der Waals surface area contributed by atoms with E-state index < -0.39 is 0 Å². The first-order valence-electron chi connectivity index (χ1n) is 3.80. The summed E-state index contributed by atoms with van der Waals surface area (Å²) in [4.78, 5) is 0. The SMILES string of the molecule is Cc1cc[n+]([O-])cc1C(C)C. The van der Waals surface area contributed by atoms with Gasteiger partial charge in [0.05, 0.1) is 0 Å². The molecule has 2 heteroatoms. The number of rotatable bonds is 1. The van der Waals surface area contributed by atoms with Crippen LogP contribution in [0, 0.1) is 12.1 Å². The van der Waals surface area contributed by atoms with Crippen LogP contribution in [0.25, 0.3) is 0 Å². The minimum atomic E-state index is 0.427. The van der Waals surface area contributed by atoms with E-state index in [-0.39, 0.29) is 0 Å². The zero-order valence-corrected chi connectivity index (χ0v) is 7.16. The Kier molecular flexibility index (Phi) is 2.13. The summed E-state index contributed by atoms with van der Waals surface area (Å²) in [5.74, 6) is 0.427. The Bertz CT molecular complexity index is 256. The summed E-state index contributed by atoms with van der Waals surface area (Å²) in [6, 6.07) is 1.85. The van der Waals surface area contributed by atoms with Crippen molar-refractivity contribution in [2.75, 3.05) is 0 Å². The third-order valence-corrected chi connectivity index (χ3v) is 1.82. The van der Waals surface area contributed by atoms with Crippen LogP contribution in [0.15, 0.2) is 18.5 Å². The average Bonchev–Trinajstić information content (AvgIpc) is 1.94. The van der Waals surface area contributed by atoms with Crippen molar-refractivity contribution in [3.05, 3.63) is 34.8 Å². The fraction of sp³-hybridized carbons (Fsp3) is 0.444. The zero-order chi connectivity index (χ0) is 8.43. The molecule has 0 fully saturated rings. The second-order valence-electron chi connectivity index (χ2n) is 3.10. The lowest BCUT2D eigenvalue weighted by atomic mass is 10.0. The first kappa shape index (κ1) is 8.05. The molecular formula is C9H13NO. The van der Waals surface area contributed by atoms with Gasteiger partial charge in [-0.1, -0.05) is 13.8 Å². The molecule has 1 aromatic heterocycles. The Hall–Kier alpha value is -1.05. The Morgan fingerprint density at radius 3 is 2.55 bits per heavy atom. The highest BCUT2D eigenvalue weighted by molar-refractivity contribution is 5.22. The molecule has 0 radical (unpaired) electrons. The van der Waals surface area contributed by atoms with Gasteiger partial charge < -0.3 is 5.21 Å². The molecule has 11 heavy (non-hydrogen) atoms. The molecule has 0 amide bonds. The van der Waals surface area contributed by atoms with Crippen LogP contribution in [-0.2, 0) is 0 Å². The molecule has 0 unspecified atom stereocenters. The molecule has 1 rings (SSSR count). The molecule has 0 saturated heterocycles. The number of pyridine rings is 1. The smallest absolute Gasteiger partial charge is 0.184 e. The van der Waals surface area contributed by atoms with Crippen LogP contribution in [0.3, 0.4) is 0 Å². The first-order valence-corrected chi connectivity index (χ1v) is 3.80. The van der Waals surface area contributed by atoms with Crippen LogP contribution >= 0.6 is 0 Å². The Morgan fingerprint density at radius 1 is 1.45 bits per heavy atom. The molecule has 0 aliphatic rings. The highest BCUT2D eigenvalue weighted by Gasteiger charge is 2.05. The number of nitrogens with zero attached hydrogens (tertiary/aromatic N) is 1. The van der Waals surface area contributed by atoms with Crippen LogP contribution in [0.1, 0.15) is 30.9 Å². The van der Waals surface area contributed by atoms with Gasteiger partial charge in [0.15, 0.2) is 12.4 Å². The van der Waals surface area contributed by atoms with Crippen molar-refractivity contribution in [3.63, 3.8) is 0 Å². The zero-order valence-electron chi connectivity index (χ0n) is 7.16. The molecule has 0 aliphatic carbocycles. The normalized spacial score (nSPS) is 10.5. The van der Waals surface area contributed by atoms with Crippen molar-refractivity contribution in [2.24, 2.45) is 0 Å². The molecule has 0 N–H and O–H groups in total. The van der Waals surface area contributed by atoms with Gasteiger partial charge in [-0.3, -0.25) is 0 Å². The van der Waals surface area contributed by atoms with Crippen LogP contribution in [0.4, 0.5) is 0 Å². The van der Waals surface area contributed by atoms with Crippen molar-refractivity contribution >= 4 is 0 Å². The maximum Gasteiger partial charge on any atom is 0.184 e. The molecular weight excluding hydrogens is 138 g/mol. The summed E-state index contributed by atoms with van der Waals surface area (Å²) >= 11 is 0. The second-order valence-corrected chi connectivity index (χ2v) is 3.10. The van der Waals surface area contributed by atoms with Gasteiger partial charge in [-0.15, -0.1) is 0 Å². The van der Waals surface area contributed by atoms with Crippen molar-refractivity contribution in [1.29, 1.82) is 0 Å². The summed E-state index contributed by atoms with van der Waals surface area (Å²) in [7, 11) is 0. The lowest BCUT2D eigenvalue weighted by molar-refractivity contribution is -0.606. The third-order valence-electron chi connectivity index (χ3n) is 1.82.